The van der Waals surface area contributed by atoms with Gasteiger partial charge in [0.25, 0.3) is 5.69 Å². The first-order valence-electron chi connectivity index (χ1n) is 8.49. The second-order valence-corrected chi connectivity index (χ2v) is 6.07. The fraction of sp³-hybridized carbons (Fsp3) is 0.316. The molecule has 1 aromatic carbocycles. The number of nitrogens with one attached hydrogen (secondary N) is 1. The normalized spacial score (nSPS) is 10.4. The highest BCUT2D eigenvalue weighted by Gasteiger charge is 2.28. The molecule has 0 spiro atoms. The van der Waals surface area contributed by atoms with E-state index in [4.69, 9.17) is 9.47 Å². The van der Waals surface area contributed by atoms with Crippen molar-refractivity contribution in [2.24, 2.45) is 0 Å². The minimum atomic E-state index is -0.985. The quantitative estimate of drug-likeness (QED) is 0.334. The lowest BCUT2D eigenvalue weighted by molar-refractivity contribution is -0.385. The topological polar surface area (TPSA) is 129 Å². The van der Waals surface area contributed by atoms with Gasteiger partial charge in [-0.3, -0.25) is 14.9 Å². The summed E-state index contributed by atoms with van der Waals surface area (Å²) in [6, 6.07) is 4.17. The van der Waals surface area contributed by atoms with E-state index in [9.17, 15) is 24.5 Å². The molecule has 0 unspecified atom stereocenters. The molecule has 9 heteroatoms. The molecule has 0 saturated carbocycles. The number of ether oxygens (including phenoxy) is 2. The molecule has 28 heavy (non-hydrogen) atoms. The van der Waals surface area contributed by atoms with E-state index in [1.165, 1.54) is 25.1 Å². The van der Waals surface area contributed by atoms with E-state index in [1.54, 1.807) is 20.8 Å². The van der Waals surface area contributed by atoms with Gasteiger partial charge < -0.3 is 14.5 Å². The van der Waals surface area contributed by atoms with Crippen LogP contribution in [-0.4, -0.2) is 40.8 Å². The van der Waals surface area contributed by atoms with Crippen molar-refractivity contribution in [2.75, 3.05) is 13.2 Å². The first kappa shape index (κ1) is 20.8. The molecular formula is C19H20N2O7. The number of benzene rings is 1. The van der Waals surface area contributed by atoms with Gasteiger partial charge in [-0.1, -0.05) is 12.1 Å². The molecule has 0 atom stereocenters. The number of carbonyl (C=O) groups excluding carboxylic acids is 3. The van der Waals surface area contributed by atoms with Crippen LogP contribution in [0.2, 0.25) is 0 Å². The highest BCUT2D eigenvalue weighted by Crippen LogP contribution is 2.24. The van der Waals surface area contributed by atoms with Gasteiger partial charge >= 0.3 is 11.9 Å². The third-order valence-electron chi connectivity index (χ3n) is 4.12. The van der Waals surface area contributed by atoms with E-state index in [0.717, 1.165) is 0 Å². The van der Waals surface area contributed by atoms with Gasteiger partial charge in [0, 0.05) is 17.5 Å². The predicted octanol–water partition coefficient (Wildman–Crippen LogP) is 3.06. The Morgan fingerprint density at radius 1 is 1.00 bits per heavy atom. The maximum absolute atomic E-state index is 12.6. The molecule has 1 aromatic heterocycles. The molecule has 0 radical (unpaired) electrons. The van der Waals surface area contributed by atoms with Crippen molar-refractivity contribution in [1.29, 1.82) is 0 Å². The van der Waals surface area contributed by atoms with Gasteiger partial charge in [-0.2, -0.15) is 0 Å². The predicted molar refractivity (Wildman–Crippen MR) is 98.7 cm³/mol. The third kappa shape index (κ3) is 4.08. The maximum Gasteiger partial charge on any atom is 0.345 e. The average molecular weight is 388 g/mol. The van der Waals surface area contributed by atoms with Crippen LogP contribution in [0.25, 0.3) is 0 Å². The number of aryl methyl sites for hydroxylation is 3. The summed E-state index contributed by atoms with van der Waals surface area (Å²) in [4.78, 5) is 50.5. The second kappa shape index (κ2) is 8.47. The summed E-state index contributed by atoms with van der Waals surface area (Å²) in [5.41, 5.74) is 0.785. The Bertz CT molecular complexity index is 959. The van der Waals surface area contributed by atoms with Crippen molar-refractivity contribution in [3.05, 3.63) is 62.0 Å². The van der Waals surface area contributed by atoms with Crippen molar-refractivity contribution >= 4 is 23.4 Å². The van der Waals surface area contributed by atoms with Crippen molar-refractivity contribution in [3.8, 4) is 0 Å². The van der Waals surface area contributed by atoms with Crippen LogP contribution in [0.5, 0.6) is 0 Å². The number of nitro benzene ring substituents is 1. The first-order chi connectivity index (χ1) is 13.2. The number of esters is 2. The van der Waals surface area contributed by atoms with Crippen molar-refractivity contribution < 1.29 is 28.8 Å². The van der Waals surface area contributed by atoms with Crippen molar-refractivity contribution in [2.45, 2.75) is 27.7 Å². The summed E-state index contributed by atoms with van der Waals surface area (Å²) >= 11 is 0. The number of rotatable bonds is 7. The number of hydrogen-bond acceptors (Lipinski definition) is 7. The molecule has 2 rings (SSSR count). The van der Waals surface area contributed by atoms with Crippen molar-refractivity contribution in [3.63, 3.8) is 0 Å². The van der Waals surface area contributed by atoms with Gasteiger partial charge in [0.15, 0.2) is 6.61 Å². The molecule has 0 amide bonds. The lowest BCUT2D eigenvalue weighted by Crippen LogP contribution is -2.19. The van der Waals surface area contributed by atoms with E-state index >= 15 is 0 Å². The number of hydrogen-bond donors (Lipinski definition) is 1. The molecule has 9 nitrogen and oxygen atoms in total. The summed E-state index contributed by atoms with van der Waals surface area (Å²) in [7, 11) is 0. The molecule has 1 N–H and O–H groups in total. The van der Waals surface area contributed by atoms with Crippen LogP contribution >= 0.6 is 0 Å². The van der Waals surface area contributed by atoms with E-state index in [0.29, 0.717) is 17.0 Å². The number of ketones is 1. The summed E-state index contributed by atoms with van der Waals surface area (Å²) in [5.74, 6) is -2.26. The maximum atomic E-state index is 12.6. The van der Waals surface area contributed by atoms with E-state index in [1.807, 2.05) is 0 Å². The van der Waals surface area contributed by atoms with Crippen LogP contribution < -0.4 is 0 Å². The molecule has 0 aliphatic rings. The summed E-state index contributed by atoms with van der Waals surface area (Å²) < 4.78 is 9.99. The zero-order chi connectivity index (χ0) is 21.0. The largest absolute Gasteiger partial charge is 0.462 e. The first-order valence-corrected chi connectivity index (χ1v) is 8.49. The lowest BCUT2D eigenvalue weighted by Gasteiger charge is -2.08. The number of aromatic nitrogens is 1. The van der Waals surface area contributed by atoms with Gasteiger partial charge in [0.05, 0.1) is 22.7 Å². The fourth-order valence-electron chi connectivity index (χ4n) is 2.93. The molecule has 0 fully saturated rings. The van der Waals surface area contributed by atoms with E-state index < -0.39 is 34.9 Å². The van der Waals surface area contributed by atoms with E-state index in [2.05, 4.69) is 4.98 Å². The summed E-state index contributed by atoms with van der Waals surface area (Å²) in [6.07, 6.45) is 0. The number of Topliss-reactive ketones (excluding diaryl/α,β-unsaturated/α-hetero) is 1. The molecule has 0 aliphatic carbocycles. The van der Waals surface area contributed by atoms with Crippen LogP contribution in [0.1, 0.15) is 54.9 Å². The Labute approximate surface area is 160 Å². The zero-order valence-corrected chi connectivity index (χ0v) is 16.0. The minimum Gasteiger partial charge on any atom is -0.462 e. The average Bonchev–Trinajstić information content (AvgIpc) is 2.93. The highest BCUT2D eigenvalue weighted by atomic mass is 16.6. The molecular weight excluding hydrogens is 368 g/mol. The molecule has 0 aliphatic heterocycles. The van der Waals surface area contributed by atoms with Gasteiger partial charge in [-0.15, -0.1) is 0 Å². The monoisotopic (exact) mass is 388 g/mol. The number of nitrogens with zero attached hydrogens (tertiary/aromatic N) is 1. The lowest BCUT2D eigenvalue weighted by atomic mass is 10.0. The van der Waals surface area contributed by atoms with Crippen LogP contribution in [0, 0.1) is 30.9 Å². The summed E-state index contributed by atoms with van der Waals surface area (Å²) in [6.45, 7) is 5.88. The van der Waals surface area contributed by atoms with Gasteiger partial charge in [-0.25, -0.2) is 9.59 Å². The van der Waals surface area contributed by atoms with Crippen LogP contribution in [0.3, 0.4) is 0 Å². The number of H-pyrrole nitrogens is 1. The van der Waals surface area contributed by atoms with Crippen molar-refractivity contribution in [1.82, 2.24) is 4.98 Å². The minimum absolute atomic E-state index is 0.0723. The third-order valence-corrected chi connectivity index (χ3v) is 4.12. The molecule has 2 aromatic rings. The van der Waals surface area contributed by atoms with Crippen LogP contribution in [0.4, 0.5) is 5.69 Å². The van der Waals surface area contributed by atoms with Gasteiger partial charge in [-0.05, 0) is 33.3 Å². The SMILES string of the molecule is CCOC(=O)c1c(C)[nH]c(C)c1C(=O)COC(=O)c1c(C)cccc1[N+](=O)[O-]. The van der Waals surface area contributed by atoms with Crippen LogP contribution in [-0.2, 0) is 9.47 Å². The summed E-state index contributed by atoms with van der Waals surface area (Å²) in [5, 5.41) is 11.1. The second-order valence-electron chi connectivity index (χ2n) is 6.07. The fourth-order valence-corrected chi connectivity index (χ4v) is 2.93. The highest BCUT2D eigenvalue weighted by molar-refractivity contribution is 6.09. The number of carbonyl (C=O) groups is 3. The Morgan fingerprint density at radius 2 is 1.61 bits per heavy atom. The Morgan fingerprint density at radius 3 is 2.21 bits per heavy atom. The molecule has 148 valence electrons. The number of nitro groups is 1. The Balaban J connectivity index is 2.26. The van der Waals surface area contributed by atoms with E-state index in [-0.39, 0.29) is 23.3 Å². The van der Waals surface area contributed by atoms with Crippen LogP contribution in [0.15, 0.2) is 18.2 Å². The number of aromatic amines is 1. The molecule has 0 saturated heterocycles. The Hall–Kier alpha value is -3.49. The van der Waals surface area contributed by atoms with Gasteiger partial charge in [0.2, 0.25) is 5.78 Å². The Kier molecular flexibility index (Phi) is 6.29. The molecule has 1 heterocycles. The standard InChI is InChI=1S/C19H20N2O7/c1-5-27-19(24)17-12(4)20-11(3)16(17)14(22)9-28-18(23)15-10(2)7-6-8-13(15)21(25)26/h6-8,20H,5,9H2,1-4H3. The molecule has 0 bridgehead atoms. The zero-order valence-electron chi connectivity index (χ0n) is 16.0. The smallest absolute Gasteiger partial charge is 0.345 e. The van der Waals surface area contributed by atoms with Gasteiger partial charge in [0.1, 0.15) is 5.56 Å².